The second kappa shape index (κ2) is 5.52. The molecule has 0 radical (unpaired) electrons. The maximum atomic E-state index is 5.39. The Balaban J connectivity index is 2.18. The third kappa shape index (κ3) is 3.10. The lowest BCUT2D eigenvalue weighted by Crippen LogP contribution is -2.30. The van der Waals surface area contributed by atoms with E-state index in [0.717, 1.165) is 17.9 Å². The minimum Gasteiger partial charge on any atom is -0.353 e. The van der Waals surface area contributed by atoms with E-state index in [0.29, 0.717) is 17.9 Å². The van der Waals surface area contributed by atoms with E-state index in [4.69, 9.17) is 5.84 Å². The molecule has 3 N–H and O–H groups in total. The van der Waals surface area contributed by atoms with Crippen molar-refractivity contribution in [1.29, 1.82) is 0 Å². The van der Waals surface area contributed by atoms with E-state index in [1.54, 1.807) is 0 Å². The monoisotopic (exact) mass is 249 g/mol. The Hall–Kier alpha value is -1.36. The lowest BCUT2D eigenvalue weighted by atomic mass is 10.1. The zero-order chi connectivity index (χ0) is 13.1. The maximum Gasteiger partial charge on any atom is 0.239 e. The van der Waals surface area contributed by atoms with Gasteiger partial charge in [0, 0.05) is 24.3 Å². The van der Waals surface area contributed by atoms with Gasteiger partial charge in [-0.25, -0.2) is 10.8 Å². The first-order chi connectivity index (χ1) is 8.61. The molecule has 0 unspecified atom stereocenters. The molecule has 1 aliphatic carbocycles. The summed E-state index contributed by atoms with van der Waals surface area (Å²) < 4.78 is 0. The molecule has 0 spiro atoms. The Morgan fingerprint density at radius 1 is 1.50 bits per heavy atom. The molecule has 5 heteroatoms. The molecule has 1 fully saturated rings. The fourth-order valence-electron chi connectivity index (χ4n) is 2.04. The van der Waals surface area contributed by atoms with Crippen LogP contribution < -0.4 is 16.2 Å². The average Bonchev–Trinajstić information content (AvgIpc) is 3.15. The molecule has 5 nitrogen and oxygen atoms in total. The van der Waals surface area contributed by atoms with Crippen molar-refractivity contribution in [2.45, 2.75) is 46.1 Å². The third-order valence-electron chi connectivity index (χ3n) is 3.28. The largest absolute Gasteiger partial charge is 0.353 e. The van der Waals surface area contributed by atoms with E-state index in [9.17, 15) is 0 Å². The van der Waals surface area contributed by atoms with Gasteiger partial charge in [-0.1, -0.05) is 13.8 Å². The van der Waals surface area contributed by atoms with Gasteiger partial charge >= 0.3 is 0 Å². The molecule has 0 saturated heterocycles. The van der Waals surface area contributed by atoms with Crippen molar-refractivity contribution < 1.29 is 0 Å². The molecule has 1 aromatic rings. The first-order valence-electron chi connectivity index (χ1n) is 6.68. The Kier molecular flexibility index (Phi) is 4.01. The SMILES string of the molecule is Cc1cnc(NN)nc1N(CCC(C)C)C1CC1. The van der Waals surface area contributed by atoms with Crippen molar-refractivity contribution in [3.05, 3.63) is 11.8 Å². The van der Waals surface area contributed by atoms with Crippen LogP contribution in [-0.4, -0.2) is 22.6 Å². The summed E-state index contributed by atoms with van der Waals surface area (Å²) >= 11 is 0. The van der Waals surface area contributed by atoms with Crippen LogP contribution in [0.3, 0.4) is 0 Å². The minimum atomic E-state index is 0.491. The molecule has 18 heavy (non-hydrogen) atoms. The van der Waals surface area contributed by atoms with Crippen LogP contribution in [0.2, 0.25) is 0 Å². The second-order valence-corrected chi connectivity index (χ2v) is 5.45. The summed E-state index contributed by atoms with van der Waals surface area (Å²) in [6.45, 7) is 7.63. The van der Waals surface area contributed by atoms with Crippen LogP contribution in [0.25, 0.3) is 0 Å². The quantitative estimate of drug-likeness (QED) is 0.597. The first-order valence-corrected chi connectivity index (χ1v) is 6.68. The van der Waals surface area contributed by atoms with Gasteiger partial charge in [0.2, 0.25) is 5.95 Å². The Morgan fingerprint density at radius 3 is 2.78 bits per heavy atom. The molecule has 2 rings (SSSR count). The third-order valence-corrected chi connectivity index (χ3v) is 3.28. The number of aromatic nitrogens is 2. The van der Waals surface area contributed by atoms with Crippen LogP contribution in [0.5, 0.6) is 0 Å². The number of hydrazine groups is 1. The molecular weight excluding hydrogens is 226 g/mol. The van der Waals surface area contributed by atoms with E-state index >= 15 is 0 Å². The van der Waals surface area contributed by atoms with Crippen LogP contribution in [0.15, 0.2) is 6.20 Å². The number of nitrogens with one attached hydrogen (secondary N) is 1. The molecule has 1 aromatic heterocycles. The summed E-state index contributed by atoms with van der Waals surface area (Å²) in [7, 11) is 0. The number of nitrogen functional groups attached to an aromatic ring is 1. The highest BCUT2D eigenvalue weighted by Gasteiger charge is 2.30. The van der Waals surface area contributed by atoms with Gasteiger partial charge < -0.3 is 4.90 Å². The highest BCUT2D eigenvalue weighted by atomic mass is 15.3. The number of rotatable bonds is 6. The zero-order valence-corrected chi connectivity index (χ0v) is 11.5. The van der Waals surface area contributed by atoms with Crippen LogP contribution in [0, 0.1) is 12.8 Å². The van der Waals surface area contributed by atoms with Crippen molar-refractivity contribution in [3.63, 3.8) is 0 Å². The summed E-state index contributed by atoms with van der Waals surface area (Å²) in [6, 6.07) is 0.656. The summed E-state index contributed by atoms with van der Waals surface area (Å²) in [4.78, 5) is 11.1. The molecule has 0 atom stereocenters. The molecule has 1 aliphatic rings. The highest BCUT2D eigenvalue weighted by Crippen LogP contribution is 2.32. The summed E-state index contributed by atoms with van der Waals surface area (Å²) in [5, 5.41) is 0. The lowest BCUT2D eigenvalue weighted by molar-refractivity contribution is 0.568. The average molecular weight is 249 g/mol. The number of nitrogens with two attached hydrogens (primary N) is 1. The number of aryl methyl sites for hydroxylation is 1. The van der Waals surface area contributed by atoms with Gasteiger partial charge in [0.25, 0.3) is 0 Å². The van der Waals surface area contributed by atoms with Crippen LogP contribution in [0.4, 0.5) is 11.8 Å². The van der Waals surface area contributed by atoms with Crippen molar-refractivity contribution in [1.82, 2.24) is 9.97 Å². The summed E-state index contributed by atoms with van der Waals surface area (Å²) in [6.07, 6.45) is 5.56. The number of hydrogen-bond donors (Lipinski definition) is 2. The van der Waals surface area contributed by atoms with Gasteiger partial charge in [0.1, 0.15) is 5.82 Å². The number of nitrogens with zero attached hydrogens (tertiary/aromatic N) is 3. The van der Waals surface area contributed by atoms with Gasteiger partial charge in [-0.3, -0.25) is 5.43 Å². The molecule has 1 saturated carbocycles. The van der Waals surface area contributed by atoms with Gasteiger partial charge in [-0.05, 0) is 32.1 Å². The molecule has 1 heterocycles. The molecule has 0 bridgehead atoms. The van der Waals surface area contributed by atoms with Crippen LogP contribution >= 0.6 is 0 Å². The van der Waals surface area contributed by atoms with Crippen LogP contribution in [0.1, 0.15) is 38.7 Å². The second-order valence-electron chi connectivity index (χ2n) is 5.45. The predicted octanol–water partition coefficient (Wildman–Crippen LogP) is 2.09. The number of hydrogen-bond acceptors (Lipinski definition) is 5. The van der Waals surface area contributed by atoms with E-state index < -0.39 is 0 Å². The molecule has 0 aliphatic heterocycles. The van der Waals surface area contributed by atoms with Crippen molar-refractivity contribution in [3.8, 4) is 0 Å². The van der Waals surface area contributed by atoms with Gasteiger partial charge in [0.05, 0.1) is 0 Å². The van der Waals surface area contributed by atoms with E-state index in [1.165, 1.54) is 19.3 Å². The standard InChI is InChI=1S/C13H23N5/c1-9(2)6-7-18(11-4-5-11)12-10(3)8-15-13(16-12)17-14/h8-9,11H,4-7,14H2,1-3H3,(H,15,16,17). The highest BCUT2D eigenvalue weighted by molar-refractivity contribution is 5.50. The van der Waals surface area contributed by atoms with Crippen LogP contribution in [-0.2, 0) is 0 Å². The summed E-state index contributed by atoms with van der Waals surface area (Å²) in [5.41, 5.74) is 3.64. The van der Waals surface area contributed by atoms with Gasteiger partial charge in [-0.2, -0.15) is 4.98 Å². The molecular formula is C13H23N5. The first kappa shape index (κ1) is 13.1. The zero-order valence-electron chi connectivity index (χ0n) is 11.5. The normalized spacial score (nSPS) is 14.9. The Morgan fingerprint density at radius 2 is 2.22 bits per heavy atom. The smallest absolute Gasteiger partial charge is 0.239 e. The van der Waals surface area contributed by atoms with E-state index in [1.807, 2.05) is 6.20 Å². The lowest BCUT2D eigenvalue weighted by Gasteiger charge is -2.26. The topological polar surface area (TPSA) is 67.1 Å². The van der Waals surface area contributed by atoms with Crippen molar-refractivity contribution >= 4 is 11.8 Å². The van der Waals surface area contributed by atoms with Crippen molar-refractivity contribution in [2.75, 3.05) is 16.9 Å². The van der Waals surface area contributed by atoms with Gasteiger partial charge in [-0.15, -0.1) is 0 Å². The molecule has 100 valence electrons. The van der Waals surface area contributed by atoms with E-state index in [2.05, 4.69) is 41.1 Å². The fraction of sp³-hybridized carbons (Fsp3) is 0.692. The van der Waals surface area contributed by atoms with E-state index in [-0.39, 0.29) is 0 Å². The minimum absolute atomic E-state index is 0.491. The Labute approximate surface area is 109 Å². The maximum absolute atomic E-state index is 5.39. The fourth-order valence-corrected chi connectivity index (χ4v) is 2.04. The van der Waals surface area contributed by atoms with Gasteiger partial charge in [0.15, 0.2) is 0 Å². The Bertz CT molecular complexity index is 400. The summed E-state index contributed by atoms with van der Waals surface area (Å²) in [5.74, 6) is 7.62. The molecule has 0 aromatic carbocycles. The molecule has 0 amide bonds. The van der Waals surface area contributed by atoms with Crippen molar-refractivity contribution in [2.24, 2.45) is 11.8 Å². The number of anilines is 2. The predicted molar refractivity (Wildman–Crippen MR) is 74.4 cm³/mol.